The third-order valence-corrected chi connectivity index (χ3v) is 8.09. The minimum absolute atomic E-state index is 0.393. The zero-order chi connectivity index (χ0) is 31.9. The lowest BCUT2D eigenvalue weighted by Crippen LogP contribution is -2.38. The van der Waals surface area contributed by atoms with Gasteiger partial charge in [-0.05, 0) is 66.9 Å². The molecule has 9 heteroatoms. The molecule has 7 rings (SSSR count). The van der Waals surface area contributed by atoms with Crippen molar-refractivity contribution in [3.63, 3.8) is 0 Å². The highest BCUT2D eigenvalue weighted by Crippen LogP contribution is 2.32. The lowest BCUT2D eigenvalue weighted by Gasteiger charge is -2.32. The molecule has 3 N–H and O–H groups in total. The molecule has 1 aliphatic heterocycles. The van der Waals surface area contributed by atoms with Crippen molar-refractivity contribution in [2.75, 3.05) is 24.1 Å². The van der Waals surface area contributed by atoms with Crippen molar-refractivity contribution in [2.24, 2.45) is 0 Å². The van der Waals surface area contributed by atoms with Gasteiger partial charge in [0.05, 0.1) is 23.1 Å². The van der Waals surface area contributed by atoms with Gasteiger partial charge in [0.1, 0.15) is 23.1 Å². The monoisotopic (exact) mass is 607 g/mol. The first-order valence-corrected chi connectivity index (χ1v) is 15.7. The van der Waals surface area contributed by atoms with E-state index in [4.69, 9.17) is 21.0 Å². The largest absolute Gasteiger partial charge is 0.383 e. The first-order chi connectivity index (χ1) is 22.6. The fourth-order valence-corrected chi connectivity index (χ4v) is 5.78. The molecular formula is C37H37N9. The van der Waals surface area contributed by atoms with Crippen LogP contribution in [0.3, 0.4) is 0 Å². The Balaban J connectivity index is 0.00000182. The standard InChI is InChI=1S/C35H31N9.C2H6/c36-21-27-10-11-28(22-39-27)40-26-16-19-43(20-17-26)23-24-8-12-29(13-9-24)44-34(30-7-4-18-38-33(30)37)42-32-15-14-31(41-35(32)44)25-5-2-1-3-6-25;1-2/h1-15,18,22,26,40H,16-17,19-20,23H2,(H2,37,38);1-2H3. The minimum Gasteiger partial charge on any atom is -0.383 e. The number of nitrogen functional groups attached to an aromatic ring is 1. The Morgan fingerprint density at radius 2 is 1.65 bits per heavy atom. The maximum Gasteiger partial charge on any atom is 0.165 e. The average Bonchev–Trinajstić information content (AvgIpc) is 3.50. The number of imidazole rings is 1. The Morgan fingerprint density at radius 1 is 0.870 bits per heavy atom. The predicted octanol–water partition coefficient (Wildman–Crippen LogP) is 7.10. The molecule has 0 radical (unpaired) electrons. The van der Waals surface area contributed by atoms with Crippen LogP contribution >= 0.6 is 0 Å². The van der Waals surface area contributed by atoms with E-state index in [0.717, 1.165) is 71.8 Å². The number of piperidine rings is 1. The van der Waals surface area contributed by atoms with E-state index in [1.807, 2.05) is 62.4 Å². The van der Waals surface area contributed by atoms with Crippen molar-refractivity contribution < 1.29 is 0 Å². The summed E-state index contributed by atoms with van der Waals surface area (Å²) in [5, 5.41) is 12.5. The van der Waals surface area contributed by atoms with Gasteiger partial charge in [0, 0.05) is 43.1 Å². The fraction of sp³-hybridized carbons (Fsp3) is 0.216. The molecule has 1 fully saturated rings. The van der Waals surface area contributed by atoms with Crippen LogP contribution in [0.5, 0.6) is 0 Å². The van der Waals surface area contributed by atoms with E-state index in [1.54, 1.807) is 18.5 Å². The molecule has 1 saturated heterocycles. The first-order valence-electron chi connectivity index (χ1n) is 15.7. The molecule has 4 aromatic heterocycles. The molecule has 0 amide bonds. The number of aromatic nitrogens is 5. The molecule has 1 aliphatic rings. The number of nitrogens with one attached hydrogen (secondary N) is 1. The summed E-state index contributed by atoms with van der Waals surface area (Å²) in [6, 6.07) is 32.8. The Morgan fingerprint density at radius 3 is 2.35 bits per heavy atom. The van der Waals surface area contributed by atoms with Crippen LogP contribution in [0.2, 0.25) is 0 Å². The summed E-state index contributed by atoms with van der Waals surface area (Å²) in [4.78, 5) is 21.0. The number of hydrogen-bond acceptors (Lipinski definition) is 8. The third-order valence-electron chi connectivity index (χ3n) is 8.09. The molecule has 0 unspecified atom stereocenters. The predicted molar refractivity (Wildman–Crippen MR) is 184 cm³/mol. The number of likely N-dealkylation sites (tertiary alicyclic amines) is 1. The lowest BCUT2D eigenvalue weighted by molar-refractivity contribution is 0.211. The normalized spacial score (nSPS) is 13.5. The number of hydrogen-bond donors (Lipinski definition) is 2. The van der Waals surface area contributed by atoms with Gasteiger partial charge in [0.15, 0.2) is 11.5 Å². The van der Waals surface area contributed by atoms with E-state index in [0.29, 0.717) is 23.4 Å². The molecule has 0 bridgehead atoms. The number of anilines is 2. The summed E-state index contributed by atoms with van der Waals surface area (Å²) < 4.78 is 2.08. The Labute approximate surface area is 269 Å². The van der Waals surface area contributed by atoms with Gasteiger partial charge < -0.3 is 11.1 Å². The molecule has 9 nitrogen and oxygen atoms in total. The van der Waals surface area contributed by atoms with Crippen molar-refractivity contribution in [2.45, 2.75) is 39.3 Å². The summed E-state index contributed by atoms with van der Waals surface area (Å²) in [6.45, 7) is 6.90. The van der Waals surface area contributed by atoms with Gasteiger partial charge in [-0.3, -0.25) is 9.47 Å². The Kier molecular flexibility index (Phi) is 9.27. The van der Waals surface area contributed by atoms with Crippen molar-refractivity contribution in [1.82, 2.24) is 29.4 Å². The van der Waals surface area contributed by atoms with Crippen LogP contribution in [0.25, 0.3) is 39.5 Å². The smallest absolute Gasteiger partial charge is 0.165 e. The van der Waals surface area contributed by atoms with Crippen LogP contribution in [-0.2, 0) is 6.54 Å². The second kappa shape index (κ2) is 14.0. The average molecular weight is 608 g/mol. The molecule has 6 aromatic rings. The zero-order valence-corrected chi connectivity index (χ0v) is 26.1. The molecule has 46 heavy (non-hydrogen) atoms. The number of fused-ring (bicyclic) bond motifs is 1. The minimum atomic E-state index is 0.393. The maximum absolute atomic E-state index is 8.97. The highest BCUT2D eigenvalue weighted by atomic mass is 15.2. The van der Waals surface area contributed by atoms with Crippen LogP contribution in [0.4, 0.5) is 11.5 Å². The van der Waals surface area contributed by atoms with Gasteiger partial charge in [-0.25, -0.2) is 19.9 Å². The maximum atomic E-state index is 8.97. The summed E-state index contributed by atoms with van der Waals surface area (Å²) in [7, 11) is 0. The summed E-state index contributed by atoms with van der Waals surface area (Å²) in [5.74, 6) is 1.14. The quantitative estimate of drug-likeness (QED) is 0.197. The lowest BCUT2D eigenvalue weighted by atomic mass is 10.0. The number of nitriles is 1. The second-order valence-electron chi connectivity index (χ2n) is 11.0. The van der Waals surface area contributed by atoms with Crippen molar-refractivity contribution in [3.05, 3.63) is 115 Å². The van der Waals surface area contributed by atoms with E-state index in [2.05, 4.69) is 67.2 Å². The first kappa shape index (κ1) is 30.4. The summed E-state index contributed by atoms with van der Waals surface area (Å²) in [5.41, 5.74) is 14.2. The van der Waals surface area contributed by atoms with Crippen LogP contribution in [0.15, 0.2) is 103 Å². The van der Waals surface area contributed by atoms with Crippen molar-refractivity contribution >= 4 is 22.7 Å². The van der Waals surface area contributed by atoms with Gasteiger partial charge in [-0.2, -0.15) is 5.26 Å². The van der Waals surface area contributed by atoms with E-state index < -0.39 is 0 Å². The van der Waals surface area contributed by atoms with Crippen LogP contribution in [0, 0.1) is 11.3 Å². The van der Waals surface area contributed by atoms with Gasteiger partial charge in [0.25, 0.3) is 0 Å². The fourth-order valence-electron chi connectivity index (χ4n) is 5.78. The zero-order valence-electron chi connectivity index (χ0n) is 26.1. The van der Waals surface area contributed by atoms with Crippen LogP contribution < -0.4 is 11.1 Å². The van der Waals surface area contributed by atoms with Gasteiger partial charge in [-0.1, -0.05) is 56.3 Å². The Hall–Kier alpha value is -5.59. The summed E-state index contributed by atoms with van der Waals surface area (Å²) in [6.07, 6.45) is 5.52. The third kappa shape index (κ3) is 6.58. The second-order valence-corrected chi connectivity index (χ2v) is 11.0. The SMILES string of the molecule is CC.N#Cc1ccc(NC2CCN(Cc3ccc(-n4c(-c5cccnc5N)nc5ccc(-c6ccccc6)nc54)cc3)CC2)cn1. The molecule has 0 aliphatic carbocycles. The number of benzene rings is 2. The molecule has 5 heterocycles. The highest BCUT2D eigenvalue weighted by molar-refractivity contribution is 5.84. The van der Waals surface area contributed by atoms with E-state index >= 15 is 0 Å². The molecule has 0 atom stereocenters. The van der Waals surface area contributed by atoms with E-state index in [-0.39, 0.29) is 0 Å². The van der Waals surface area contributed by atoms with Crippen molar-refractivity contribution in [3.8, 4) is 34.4 Å². The molecule has 2 aromatic carbocycles. The van der Waals surface area contributed by atoms with E-state index in [9.17, 15) is 0 Å². The van der Waals surface area contributed by atoms with Gasteiger partial charge in [-0.15, -0.1) is 0 Å². The number of nitrogens with two attached hydrogens (primary N) is 1. The Bertz CT molecular complexity index is 1930. The topological polar surface area (TPSA) is 122 Å². The van der Waals surface area contributed by atoms with Gasteiger partial charge in [0.2, 0.25) is 0 Å². The van der Waals surface area contributed by atoms with Crippen LogP contribution in [0.1, 0.15) is 37.9 Å². The molecule has 0 spiro atoms. The summed E-state index contributed by atoms with van der Waals surface area (Å²) >= 11 is 0. The van der Waals surface area contributed by atoms with Crippen LogP contribution in [-0.4, -0.2) is 48.5 Å². The highest BCUT2D eigenvalue weighted by Gasteiger charge is 2.21. The molecular weight excluding hydrogens is 570 g/mol. The van der Waals surface area contributed by atoms with Crippen molar-refractivity contribution in [1.29, 1.82) is 5.26 Å². The molecule has 230 valence electrons. The number of pyridine rings is 3. The van der Waals surface area contributed by atoms with Gasteiger partial charge >= 0.3 is 0 Å². The van der Waals surface area contributed by atoms with E-state index in [1.165, 1.54) is 5.56 Å². The molecule has 0 saturated carbocycles. The number of rotatable bonds is 7. The number of nitrogens with zero attached hydrogens (tertiary/aromatic N) is 7.